The van der Waals surface area contributed by atoms with E-state index in [1.165, 1.54) is 0 Å². The maximum Gasteiger partial charge on any atom is 0.407 e. The van der Waals surface area contributed by atoms with E-state index in [9.17, 15) is 14.7 Å². The smallest absolute Gasteiger partial charge is 0.407 e. The van der Waals surface area contributed by atoms with Crippen LogP contribution < -0.4 is 19.5 Å². The van der Waals surface area contributed by atoms with Crippen LogP contribution in [0, 0.1) is 0 Å². The molecule has 3 aromatic rings. The first kappa shape index (κ1) is 23.0. The van der Waals surface area contributed by atoms with Gasteiger partial charge < -0.3 is 29.4 Å². The summed E-state index contributed by atoms with van der Waals surface area (Å²) in [7, 11) is 1.56. The molecule has 1 heterocycles. The number of hydrogen-bond donors (Lipinski definition) is 2. The summed E-state index contributed by atoms with van der Waals surface area (Å²) in [5, 5.41) is 12.1. The summed E-state index contributed by atoms with van der Waals surface area (Å²) in [5.74, 6) is 0.429. The number of aliphatic carboxylic acids is 1. The minimum absolute atomic E-state index is 0.0915. The van der Waals surface area contributed by atoms with Crippen LogP contribution in [0.2, 0.25) is 0 Å². The Hall–Kier alpha value is -4.20. The molecule has 1 amide bonds. The Morgan fingerprint density at radius 3 is 2.62 bits per heavy atom. The lowest BCUT2D eigenvalue weighted by Crippen LogP contribution is -2.23. The molecule has 4 rings (SSSR count). The molecule has 34 heavy (non-hydrogen) atoms. The Morgan fingerprint density at radius 1 is 1.03 bits per heavy atom. The first-order chi connectivity index (χ1) is 16.4. The number of benzene rings is 3. The number of hydrogen-bond acceptors (Lipinski definition) is 6. The summed E-state index contributed by atoms with van der Waals surface area (Å²) in [6.07, 6.45) is -0.567. The third-order valence-electron chi connectivity index (χ3n) is 5.60. The fourth-order valence-electron chi connectivity index (χ4n) is 3.62. The largest absolute Gasteiger partial charge is 0.496 e. The third kappa shape index (κ3) is 5.23. The number of rotatable bonds is 8. The van der Waals surface area contributed by atoms with E-state index in [1.807, 2.05) is 42.5 Å². The van der Waals surface area contributed by atoms with Gasteiger partial charge in [-0.05, 0) is 53.4 Å². The molecule has 0 saturated heterocycles. The fourth-order valence-corrected chi connectivity index (χ4v) is 3.62. The maximum atomic E-state index is 12.3. The van der Waals surface area contributed by atoms with E-state index in [1.54, 1.807) is 32.2 Å². The number of methoxy groups -OCH3 is 1. The average molecular weight is 463 g/mol. The molecule has 0 bridgehead atoms. The van der Waals surface area contributed by atoms with Gasteiger partial charge >= 0.3 is 12.1 Å². The van der Waals surface area contributed by atoms with Crippen LogP contribution in [0.5, 0.6) is 17.2 Å². The van der Waals surface area contributed by atoms with Crippen molar-refractivity contribution in [2.24, 2.45) is 0 Å². The van der Waals surface area contributed by atoms with Gasteiger partial charge in [-0.3, -0.25) is 4.79 Å². The Bertz CT molecular complexity index is 1210. The number of carbonyl (C=O) groups is 2. The lowest BCUT2D eigenvalue weighted by molar-refractivity contribution is -0.138. The number of nitrogens with one attached hydrogen (secondary N) is 1. The Kier molecular flexibility index (Phi) is 6.87. The van der Waals surface area contributed by atoms with E-state index in [2.05, 4.69) is 5.32 Å². The van der Waals surface area contributed by atoms with Gasteiger partial charge in [0.15, 0.2) is 11.5 Å². The maximum absolute atomic E-state index is 12.3. The quantitative estimate of drug-likeness (QED) is 0.499. The number of alkyl carbamates (subject to hydrolysis) is 1. The summed E-state index contributed by atoms with van der Waals surface area (Å²) in [4.78, 5) is 23.6. The molecule has 3 aromatic carbocycles. The molecule has 8 heteroatoms. The highest BCUT2D eigenvalue weighted by Gasteiger charge is 2.16. The first-order valence-corrected chi connectivity index (χ1v) is 10.7. The van der Waals surface area contributed by atoms with E-state index in [-0.39, 0.29) is 19.9 Å². The van der Waals surface area contributed by atoms with Crippen molar-refractivity contribution in [1.82, 2.24) is 5.32 Å². The lowest BCUT2D eigenvalue weighted by atomic mass is 9.95. The summed E-state index contributed by atoms with van der Waals surface area (Å²) < 4.78 is 21.4. The zero-order valence-corrected chi connectivity index (χ0v) is 18.9. The molecule has 0 aliphatic carbocycles. The van der Waals surface area contributed by atoms with Crippen molar-refractivity contribution in [3.05, 3.63) is 77.4 Å². The molecule has 8 nitrogen and oxygen atoms in total. The molecule has 1 aliphatic rings. The van der Waals surface area contributed by atoms with Crippen molar-refractivity contribution in [3.8, 4) is 28.4 Å². The van der Waals surface area contributed by atoms with E-state index in [0.29, 0.717) is 22.8 Å². The van der Waals surface area contributed by atoms with Gasteiger partial charge in [-0.15, -0.1) is 0 Å². The predicted molar refractivity (Wildman–Crippen MR) is 124 cm³/mol. The molecular weight excluding hydrogens is 438 g/mol. The molecule has 176 valence electrons. The third-order valence-corrected chi connectivity index (χ3v) is 5.60. The summed E-state index contributed by atoms with van der Waals surface area (Å²) >= 11 is 0. The van der Waals surface area contributed by atoms with E-state index in [0.717, 1.165) is 22.3 Å². The van der Waals surface area contributed by atoms with Crippen LogP contribution in [-0.2, 0) is 22.7 Å². The van der Waals surface area contributed by atoms with Crippen molar-refractivity contribution < 1.29 is 33.6 Å². The van der Waals surface area contributed by atoms with Crippen LogP contribution in [0.3, 0.4) is 0 Å². The zero-order chi connectivity index (χ0) is 24.1. The van der Waals surface area contributed by atoms with Crippen LogP contribution in [0.15, 0.2) is 60.7 Å². The van der Waals surface area contributed by atoms with Crippen molar-refractivity contribution in [3.63, 3.8) is 0 Å². The van der Waals surface area contributed by atoms with Gasteiger partial charge in [-0.2, -0.15) is 0 Å². The summed E-state index contributed by atoms with van der Waals surface area (Å²) in [6.45, 7) is 2.13. The van der Waals surface area contributed by atoms with E-state index >= 15 is 0 Å². The molecule has 1 unspecified atom stereocenters. The van der Waals surface area contributed by atoms with Crippen LogP contribution in [-0.4, -0.2) is 31.1 Å². The number of carbonyl (C=O) groups excluding carboxylic acids is 1. The van der Waals surface area contributed by atoms with E-state index < -0.39 is 18.0 Å². The molecule has 0 radical (unpaired) electrons. The summed E-state index contributed by atoms with van der Waals surface area (Å²) in [5.41, 5.74) is 4.02. The van der Waals surface area contributed by atoms with Crippen molar-refractivity contribution in [2.75, 3.05) is 13.9 Å². The Labute approximate surface area is 197 Å². The number of fused-ring (bicyclic) bond motifs is 1. The van der Waals surface area contributed by atoms with Gasteiger partial charge in [0.2, 0.25) is 6.79 Å². The van der Waals surface area contributed by atoms with Gasteiger partial charge in [-0.1, -0.05) is 36.4 Å². The standard InChI is InChI=1S/C26H25NO7/c1-16(25(28)29)18-4-3-5-19(11-18)20-7-9-22(31-2)21(12-20)13-27-26(30)32-14-17-6-8-23-24(10-17)34-15-33-23/h3-12,16H,13-15H2,1-2H3,(H,27,30)(H,28,29). The second kappa shape index (κ2) is 10.2. The number of amides is 1. The van der Waals surface area contributed by atoms with Crippen molar-refractivity contribution in [2.45, 2.75) is 26.0 Å². The molecule has 0 saturated carbocycles. The topological polar surface area (TPSA) is 103 Å². The molecule has 0 spiro atoms. The average Bonchev–Trinajstić information content (AvgIpc) is 3.33. The summed E-state index contributed by atoms with van der Waals surface area (Å²) in [6, 6.07) is 18.4. The predicted octanol–water partition coefficient (Wildman–Crippen LogP) is 4.71. The minimum Gasteiger partial charge on any atom is -0.496 e. The molecular formula is C26H25NO7. The fraction of sp³-hybridized carbons (Fsp3) is 0.231. The van der Waals surface area contributed by atoms with Gasteiger partial charge in [0, 0.05) is 12.1 Å². The molecule has 1 aliphatic heterocycles. The highest BCUT2D eigenvalue weighted by Crippen LogP contribution is 2.33. The van der Waals surface area contributed by atoms with Crippen LogP contribution in [0.1, 0.15) is 29.5 Å². The minimum atomic E-state index is -0.879. The Balaban J connectivity index is 1.41. The zero-order valence-electron chi connectivity index (χ0n) is 18.9. The van der Waals surface area contributed by atoms with Gasteiger partial charge in [0.05, 0.1) is 13.0 Å². The van der Waals surface area contributed by atoms with Crippen molar-refractivity contribution >= 4 is 12.1 Å². The van der Waals surface area contributed by atoms with Gasteiger partial charge in [0.25, 0.3) is 0 Å². The molecule has 1 atom stereocenters. The van der Waals surface area contributed by atoms with Gasteiger partial charge in [-0.25, -0.2) is 4.79 Å². The highest BCUT2D eigenvalue weighted by molar-refractivity contribution is 5.77. The second-order valence-corrected chi connectivity index (χ2v) is 7.83. The molecule has 0 aromatic heterocycles. The van der Waals surface area contributed by atoms with E-state index in [4.69, 9.17) is 18.9 Å². The number of carboxylic acid groups (broad SMARTS) is 1. The number of carboxylic acids is 1. The van der Waals surface area contributed by atoms with Crippen LogP contribution in [0.25, 0.3) is 11.1 Å². The van der Waals surface area contributed by atoms with Crippen LogP contribution in [0.4, 0.5) is 4.79 Å². The van der Waals surface area contributed by atoms with Crippen molar-refractivity contribution in [1.29, 1.82) is 0 Å². The normalized spacial score (nSPS) is 12.6. The highest BCUT2D eigenvalue weighted by atomic mass is 16.7. The SMILES string of the molecule is COc1ccc(-c2cccc(C(C)C(=O)O)c2)cc1CNC(=O)OCc1ccc2c(c1)OCO2. The second-order valence-electron chi connectivity index (χ2n) is 7.83. The number of ether oxygens (including phenoxy) is 4. The Morgan fingerprint density at radius 2 is 1.82 bits per heavy atom. The first-order valence-electron chi connectivity index (χ1n) is 10.7. The van der Waals surface area contributed by atoms with Gasteiger partial charge in [0.1, 0.15) is 12.4 Å². The lowest BCUT2D eigenvalue weighted by Gasteiger charge is -2.14. The van der Waals surface area contributed by atoms with Crippen LogP contribution >= 0.6 is 0 Å². The molecule has 2 N–H and O–H groups in total. The monoisotopic (exact) mass is 463 g/mol. The molecule has 0 fully saturated rings.